The summed E-state index contributed by atoms with van der Waals surface area (Å²) in [5.41, 5.74) is 2.49. The fourth-order valence-corrected chi connectivity index (χ4v) is 2.51. The lowest BCUT2D eigenvalue weighted by molar-refractivity contribution is 0.290. The first kappa shape index (κ1) is 17.3. The third-order valence-corrected chi connectivity index (χ3v) is 3.84. The maximum Gasteiger partial charge on any atom is 0.235 e. The number of pyridine rings is 1. The van der Waals surface area contributed by atoms with E-state index in [9.17, 15) is 5.26 Å². The Hall–Kier alpha value is -3.53. The van der Waals surface area contributed by atoms with Crippen LogP contribution in [0.5, 0.6) is 17.4 Å². The number of rotatable bonds is 6. The first-order chi connectivity index (χ1) is 12.7. The van der Waals surface area contributed by atoms with Crippen molar-refractivity contribution in [2.24, 2.45) is 7.05 Å². The molecule has 26 heavy (non-hydrogen) atoms. The normalized spacial score (nSPS) is 10.2. The number of aryl methyl sites for hydroxylation is 1. The minimum absolute atomic E-state index is 0.222. The molecule has 7 heteroatoms. The van der Waals surface area contributed by atoms with Crippen molar-refractivity contribution < 1.29 is 14.2 Å². The minimum Gasteiger partial charge on any atom is -0.497 e. The minimum atomic E-state index is 0.222. The van der Waals surface area contributed by atoms with Gasteiger partial charge in [-0.2, -0.15) is 10.4 Å². The number of nitriles is 1. The maximum absolute atomic E-state index is 9.58. The highest BCUT2D eigenvalue weighted by Gasteiger charge is 2.19. The SMILES string of the molecule is COc1ccc(COc2ncc(-c3ccn(C)n3)c(OC)c2C#N)cc1. The van der Waals surface area contributed by atoms with Gasteiger partial charge in [-0.05, 0) is 23.8 Å². The van der Waals surface area contributed by atoms with E-state index >= 15 is 0 Å². The van der Waals surface area contributed by atoms with Crippen LogP contribution >= 0.6 is 0 Å². The highest BCUT2D eigenvalue weighted by Crippen LogP contribution is 2.35. The van der Waals surface area contributed by atoms with Crippen LogP contribution in [0.1, 0.15) is 11.1 Å². The van der Waals surface area contributed by atoms with Crippen molar-refractivity contribution in [1.29, 1.82) is 5.26 Å². The molecule has 1 aromatic carbocycles. The summed E-state index contributed by atoms with van der Waals surface area (Å²) in [6, 6.07) is 11.4. The first-order valence-corrected chi connectivity index (χ1v) is 7.89. The molecule has 0 aliphatic rings. The Morgan fingerprint density at radius 3 is 2.46 bits per heavy atom. The van der Waals surface area contributed by atoms with Crippen LogP contribution in [-0.2, 0) is 13.7 Å². The Kier molecular flexibility index (Phi) is 5.04. The third kappa shape index (κ3) is 3.44. The van der Waals surface area contributed by atoms with Gasteiger partial charge in [0.25, 0.3) is 0 Å². The van der Waals surface area contributed by atoms with Crippen molar-refractivity contribution in [2.45, 2.75) is 6.61 Å². The van der Waals surface area contributed by atoms with Crippen molar-refractivity contribution in [1.82, 2.24) is 14.8 Å². The van der Waals surface area contributed by atoms with Gasteiger partial charge in [0.05, 0.1) is 25.5 Å². The van der Waals surface area contributed by atoms with Gasteiger partial charge < -0.3 is 14.2 Å². The summed E-state index contributed by atoms with van der Waals surface area (Å²) in [7, 11) is 4.95. The molecule has 0 atom stereocenters. The number of hydrogen-bond acceptors (Lipinski definition) is 6. The highest BCUT2D eigenvalue weighted by atomic mass is 16.5. The van der Waals surface area contributed by atoms with Crippen LogP contribution in [-0.4, -0.2) is 29.0 Å². The predicted octanol–water partition coefficient (Wildman–Crippen LogP) is 2.95. The van der Waals surface area contributed by atoms with E-state index in [1.807, 2.05) is 43.6 Å². The molecule has 0 saturated heterocycles. The van der Waals surface area contributed by atoms with Crippen LogP contribution in [0, 0.1) is 11.3 Å². The van der Waals surface area contributed by atoms with Gasteiger partial charge >= 0.3 is 0 Å². The van der Waals surface area contributed by atoms with E-state index in [1.54, 1.807) is 18.0 Å². The summed E-state index contributed by atoms with van der Waals surface area (Å²) in [6.45, 7) is 0.276. The molecule has 0 unspecified atom stereocenters. The van der Waals surface area contributed by atoms with E-state index in [1.165, 1.54) is 7.11 Å². The molecule has 3 rings (SSSR count). The highest BCUT2D eigenvalue weighted by molar-refractivity contribution is 5.71. The quantitative estimate of drug-likeness (QED) is 0.680. The average Bonchev–Trinajstić information content (AvgIpc) is 3.11. The zero-order valence-corrected chi connectivity index (χ0v) is 14.8. The van der Waals surface area contributed by atoms with Gasteiger partial charge in [-0.15, -0.1) is 0 Å². The van der Waals surface area contributed by atoms with Gasteiger partial charge in [0.15, 0.2) is 11.3 Å². The fraction of sp³-hybridized carbons (Fsp3) is 0.211. The van der Waals surface area contributed by atoms with Crippen LogP contribution in [0.25, 0.3) is 11.3 Å². The van der Waals surface area contributed by atoms with Crippen LogP contribution in [0.2, 0.25) is 0 Å². The van der Waals surface area contributed by atoms with Crippen molar-refractivity contribution in [3.8, 4) is 34.7 Å². The van der Waals surface area contributed by atoms with Crippen molar-refractivity contribution >= 4 is 0 Å². The number of nitrogens with zero attached hydrogens (tertiary/aromatic N) is 4. The van der Waals surface area contributed by atoms with Gasteiger partial charge in [-0.25, -0.2) is 4.98 Å². The van der Waals surface area contributed by atoms with E-state index in [0.717, 1.165) is 11.3 Å². The molecule has 0 spiro atoms. The Labute approximate surface area is 151 Å². The Bertz CT molecular complexity index is 942. The molecule has 0 amide bonds. The van der Waals surface area contributed by atoms with E-state index in [-0.39, 0.29) is 18.1 Å². The zero-order chi connectivity index (χ0) is 18.5. The molecular formula is C19H18N4O3. The topological polar surface area (TPSA) is 82.2 Å². The average molecular weight is 350 g/mol. The Morgan fingerprint density at radius 1 is 1.12 bits per heavy atom. The number of ether oxygens (including phenoxy) is 3. The molecule has 3 aromatic rings. The molecule has 0 bridgehead atoms. The predicted molar refractivity (Wildman–Crippen MR) is 95.0 cm³/mol. The molecule has 132 valence electrons. The summed E-state index contributed by atoms with van der Waals surface area (Å²) in [6.07, 6.45) is 3.42. The lowest BCUT2D eigenvalue weighted by Gasteiger charge is -2.12. The number of aromatic nitrogens is 3. The monoisotopic (exact) mass is 350 g/mol. The van der Waals surface area contributed by atoms with E-state index in [2.05, 4.69) is 16.2 Å². The first-order valence-electron chi connectivity index (χ1n) is 7.89. The summed E-state index contributed by atoms with van der Waals surface area (Å²) >= 11 is 0. The molecule has 0 radical (unpaired) electrons. The molecule has 2 heterocycles. The Morgan fingerprint density at radius 2 is 1.88 bits per heavy atom. The van der Waals surface area contributed by atoms with Crippen LogP contribution in [0.4, 0.5) is 0 Å². The van der Waals surface area contributed by atoms with Gasteiger partial charge in [0, 0.05) is 19.4 Å². The lowest BCUT2D eigenvalue weighted by atomic mass is 10.1. The number of benzene rings is 1. The molecule has 0 aliphatic heterocycles. The summed E-state index contributed by atoms with van der Waals surface area (Å²) in [5, 5.41) is 13.9. The molecule has 0 fully saturated rings. The molecule has 0 N–H and O–H groups in total. The van der Waals surface area contributed by atoms with E-state index in [4.69, 9.17) is 14.2 Å². The van der Waals surface area contributed by atoms with Gasteiger partial charge in [-0.1, -0.05) is 12.1 Å². The van der Waals surface area contributed by atoms with Crippen molar-refractivity contribution in [3.05, 3.63) is 53.9 Å². The third-order valence-electron chi connectivity index (χ3n) is 3.84. The Balaban J connectivity index is 1.88. The molecule has 0 aliphatic carbocycles. The largest absolute Gasteiger partial charge is 0.497 e. The van der Waals surface area contributed by atoms with Crippen molar-refractivity contribution in [3.63, 3.8) is 0 Å². The second kappa shape index (κ2) is 7.57. The van der Waals surface area contributed by atoms with Gasteiger partial charge in [-0.3, -0.25) is 4.68 Å². The molecule has 0 saturated carbocycles. The number of methoxy groups -OCH3 is 2. The van der Waals surface area contributed by atoms with E-state index < -0.39 is 0 Å². The molecular weight excluding hydrogens is 332 g/mol. The smallest absolute Gasteiger partial charge is 0.235 e. The maximum atomic E-state index is 9.58. The van der Waals surface area contributed by atoms with E-state index in [0.29, 0.717) is 17.0 Å². The standard InChI is InChI=1S/C19H18N4O3/c1-23-9-8-17(22-23)16-11-21-19(15(10-20)18(16)25-3)26-12-13-4-6-14(24-2)7-5-13/h4-9,11H,12H2,1-3H3. The summed E-state index contributed by atoms with van der Waals surface area (Å²) in [4.78, 5) is 4.29. The fourth-order valence-electron chi connectivity index (χ4n) is 2.51. The van der Waals surface area contributed by atoms with Gasteiger partial charge in [0.2, 0.25) is 5.88 Å². The second-order valence-electron chi connectivity index (χ2n) is 5.51. The molecule has 2 aromatic heterocycles. The van der Waals surface area contributed by atoms with Crippen molar-refractivity contribution in [2.75, 3.05) is 14.2 Å². The summed E-state index contributed by atoms with van der Waals surface area (Å²) < 4.78 is 18.0. The zero-order valence-electron chi connectivity index (χ0n) is 14.8. The van der Waals surface area contributed by atoms with Crippen LogP contribution in [0.3, 0.4) is 0 Å². The summed E-state index contributed by atoms with van der Waals surface area (Å²) in [5.74, 6) is 1.39. The molecule has 7 nitrogen and oxygen atoms in total. The lowest BCUT2D eigenvalue weighted by Crippen LogP contribution is -2.03. The second-order valence-corrected chi connectivity index (χ2v) is 5.51. The van der Waals surface area contributed by atoms with Crippen LogP contribution in [0.15, 0.2) is 42.7 Å². The van der Waals surface area contributed by atoms with Crippen LogP contribution < -0.4 is 14.2 Å². The van der Waals surface area contributed by atoms with Gasteiger partial charge in [0.1, 0.15) is 18.4 Å². The number of hydrogen-bond donors (Lipinski definition) is 0.